The Morgan fingerprint density at radius 1 is 1.32 bits per heavy atom. The van der Waals surface area contributed by atoms with Crippen LogP contribution in [0, 0.1) is 20.8 Å². The number of nitrogens with zero attached hydrogens (tertiary/aromatic N) is 3. The third-order valence-electron chi connectivity index (χ3n) is 4.29. The van der Waals surface area contributed by atoms with Crippen LogP contribution in [0.25, 0.3) is 0 Å². The molecule has 1 amide bonds. The monoisotopic (exact) mass is 374 g/mol. The maximum atomic E-state index is 12.8. The van der Waals surface area contributed by atoms with E-state index in [9.17, 15) is 4.79 Å². The molecule has 5 nitrogen and oxygen atoms in total. The molecule has 0 fully saturated rings. The molecule has 0 unspecified atom stereocenters. The van der Waals surface area contributed by atoms with Gasteiger partial charge >= 0.3 is 0 Å². The van der Waals surface area contributed by atoms with Crippen LogP contribution in [0.4, 0.5) is 0 Å². The first-order valence-electron chi connectivity index (χ1n) is 8.21. The molecule has 3 heterocycles. The van der Waals surface area contributed by atoms with Gasteiger partial charge in [0.15, 0.2) is 0 Å². The molecule has 3 rings (SSSR count). The maximum absolute atomic E-state index is 12.8. The summed E-state index contributed by atoms with van der Waals surface area (Å²) in [5, 5.41) is 12.6. The maximum Gasteiger partial charge on any atom is 0.245 e. The van der Waals surface area contributed by atoms with Gasteiger partial charge in [0, 0.05) is 23.2 Å². The van der Waals surface area contributed by atoms with E-state index in [1.54, 1.807) is 33.6 Å². The van der Waals surface area contributed by atoms with Gasteiger partial charge in [0.25, 0.3) is 0 Å². The van der Waals surface area contributed by atoms with Crippen molar-refractivity contribution in [3.05, 3.63) is 55.9 Å². The minimum atomic E-state index is -0.359. The van der Waals surface area contributed by atoms with Crippen LogP contribution in [-0.4, -0.2) is 20.7 Å². The zero-order valence-electron chi connectivity index (χ0n) is 14.8. The van der Waals surface area contributed by atoms with Crippen LogP contribution < -0.4 is 5.32 Å². The van der Waals surface area contributed by atoms with Crippen LogP contribution in [0.2, 0.25) is 0 Å². The van der Waals surface area contributed by atoms with E-state index in [4.69, 9.17) is 0 Å². The van der Waals surface area contributed by atoms with Crippen LogP contribution >= 0.6 is 22.7 Å². The minimum absolute atomic E-state index is 0.0439. The number of hydrogen-bond acceptors (Lipinski definition) is 5. The molecule has 2 atom stereocenters. The number of nitrogens with one attached hydrogen (secondary N) is 1. The van der Waals surface area contributed by atoms with Crippen LogP contribution in [0.5, 0.6) is 0 Å². The number of amides is 1. The van der Waals surface area contributed by atoms with Gasteiger partial charge in [0.1, 0.15) is 11.0 Å². The Labute approximate surface area is 155 Å². The number of rotatable bonds is 6. The van der Waals surface area contributed by atoms with Crippen molar-refractivity contribution in [2.75, 3.05) is 0 Å². The van der Waals surface area contributed by atoms with Crippen molar-refractivity contribution in [1.29, 1.82) is 0 Å². The van der Waals surface area contributed by atoms with Crippen LogP contribution in [-0.2, 0) is 11.2 Å². The fourth-order valence-electron chi connectivity index (χ4n) is 2.68. The first-order chi connectivity index (χ1) is 12.0. The molecule has 0 saturated carbocycles. The highest BCUT2D eigenvalue weighted by atomic mass is 32.1. The summed E-state index contributed by atoms with van der Waals surface area (Å²) in [6.45, 7) is 7.90. The Bertz CT molecular complexity index is 831. The van der Waals surface area contributed by atoms with Crippen molar-refractivity contribution in [3.63, 3.8) is 0 Å². The van der Waals surface area contributed by atoms with Gasteiger partial charge in [-0.1, -0.05) is 0 Å². The molecule has 7 heteroatoms. The molecule has 0 aliphatic heterocycles. The summed E-state index contributed by atoms with van der Waals surface area (Å²) < 4.78 is 1.75. The molecule has 0 aliphatic carbocycles. The van der Waals surface area contributed by atoms with Crippen molar-refractivity contribution in [3.8, 4) is 0 Å². The van der Waals surface area contributed by atoms with E-state index in [0.717, 1.165) is 22.8 Å². The average Bonchev–Trinajstić information content (AvgIpc) is 3.29. The van der Waals surface area contributed by atoms with E-state index >= 15 is 0 Å². The fourth-order valence-corrected chi connectivity index (χ4v) is 4.34. The summed E-state index contributed by atoms with van der Waals surface area (Å²) in [6.07, 6.45) is 2.46. The zero-order chi connectivity index (χ0) is 18.0. The number of carbonyl (C=O) groups excluding carboxylic acids is 1. The SMILES string of the molecule is Cc1nc([C@H](Cc2ccsc2)NC(=O)[C@H](C)n2nccc2C)sc1C. The first-order valence-corrected chi connectivity index (χ1v) is 9.97. The average molecular weight is 375 g/mol. The molecule has 0 saturated heterocycles. The smallest absolute Gasteiger partial charge is 0.245 e. The van der Waals surface area contributed by atoms with Crippen molar-refractivity contribution in [2.45, 2.75) is 46.2 Å². The lowest BCUT2D eigenvalue weighted by Gasteiger charge is -2.20. The Kier molecular flexibility index (Phi) is 5.34. The largest absolute Gasteiger partial charge is 0.345 e. The predicted octanol–water partition coefficient (Wildman–Crippen LogP) is 3.99. The molecular formula is C18H22N4OS2. The summed E-state index contributed by atoms with van der Waals surface area (Å²) in [5.74, 6) is -0.0439. The lowest BCUT2D eigenvalue weighted by atomic mass is 10.1. The van der Waals surface area contributed by atoms with E-state index in [1.807, 2.05) is 26.8 Å². The Hall–Kier alpha value is -1.99. The van der Waals surface area contributed by atoms with Gasteiger partial charge in [-0.3, -0.25) is 9.48 Å². The predicted molar refractivity (Wildman–Crippen MR) is 102 cm³/mol. The lowest BCUT2D eigenvalue weighted by Crippen LogP contribution is -2.35. The summed E-state index contributed by atoms with van der Waals surface area (Å²) in [5.41, 5.74) is 3.21. The topological polar surface area (TPSA) is 59.8 Å². The fraction of sp³-hybridized carbons (Fsp3) is 0.389. The van der Waals surface area contributed by atoms with Gasteiger partial charge in [-0.2, -0.15) is 16.4 Å². The molecule has 1 N–H and O–H groups in total. The standard InChI is InChI=1S/C18H22N4OS2/c1-11-5-7-19-22(11)13(3)17(23)21-16(9-15-6-8-24-10-15)18-20-12(2)14(4)25-18/h5-8,10,13,16H,9H2,1-4H3,(H,21,23)/t13-,16-/m0/s1. The number of aromatic nitrogens is 3. The van der Waals surface area contributed by atoms with Crippen molar-refractivity contribution in [2.24, 2.45) is 0 Å². The molecular weight excluding hydrogens is 352 g/mol. The number of aryl methyl sites for hydroxylation is 3. The van der Waals surface area contributed by atoms with Crippen LogP contribution in [0.15, 0.2) is 29.1 Å². The minimum Gasteiger partial charge on any atom is -0.345 e. The number of thiophene rings is 1. The quantitative estimate of drug-likeness (QED) is 0.710. The Balaban J connectivity index is 1.81. The highest BCUT2D eigenvalue weighted by Crippen LogP contribution is 2.27. The zero-order valence-corrected chi connectivity index (χ0v) is 16.4. The Morgan fingerprint density at radius 2 is 2.12 bits per heavy atom. The highest BCUT2D eigenvalue weighted by molar-refractivity contribution is 7.11. The summed E-state index contributed by atoms with van der Waals surface area (Å²) in [6, 6.07) is 3.51. The molecule has 0 aromatic carbocycles. The van der Waals surface area contributed by atoms with Crippen LogP contribution in [0.1, 0.15) is 45.8 Å². The third kappa shape index (κ3) is 3.99. The molecule has 3 aromatic heterocycles. The van der Waals surface area contributed by atoms with E-state index in [2.05, 4.69) is 39.1 Å². The molecule has 0 aliphatic rings. The summed E-state index contributed by atoms with van der Waals surface area (Å²) in [4.78, 5) is 18.7. The summed E-state index contributed by atoms with van der Waals surface area (Å²) in [7, 11) is 0. The van der Waals surface area contributed by atoms with Gasteiger partial charge in [-0.25, -0.2) is 4.98 Å². The third-order valence-corrected chi connectivity index (χ3v) is 6.21. The van der Waals surface area contributed by atoms with Crippen LogP contribution in [0.3, 0.4) is 0 Å². The molecule has 25 heavy (non-hydrogen) atoms. The summed E-state index contributed by atoms with van der Waals surface area (Å²) >= 11 is 3.32. The Morgan fingerprint density at radius 3 is 2.68 bits per heavy atom. The van der Waals surface area contributed by atoms with Gasteiger partial charge in [0.05, 0.1) is 11.7 Å². The second kappa shape index (κ2) is 7.49. The van der Waals surface area contributed by atoms with Gasteiger partial charge in [-0.05, 0) is 56.2 Å². The second-order valence-corrected chi connectivity index (χ2v) is 8.20. The molecule has 0 radical (unpaired) electrons. The van der Waals surface area contributed by atoms with E-state index in [1.165, 1.54) is 10.4 Å². The molecule has 0 bridgehead atoms. The van der Waals surface area contributed by atoms with E-state index < -0.39 is 0 Å². The van der Waals surface area contributed by atoms with E-state index in [0.29, 0.717) is 0 Å². The van der Waals surface area contributed by atoms with Crippen molar-refractivity contribution >= 4 is 28.6 Å². The number of thiazole rings is 1. The molecule has 3 aromatic rings. The number of carbonyl (C=O) groups is 1. The van der Waals surface area contributed by atoms with Crippen molar-refractivity contribution in [1.82, 2.24) is 20.1 Å². The normalized spacial score (nSPS) is 13.6. The van der Waals surface area contributed by atoms with Gasteiger partial charge in [0.2, 0.25) is 5.91 Å². The van der Waals surface area contributed by atoms with Gasteiger partial charge in [-0.15, -0.1) is 11.3 Å². The lowest BCUT2D eigenvalue weighted by molar-refractivity contribution is -0.125. The first kappa shape index (κ1) is 17.8. The highest BCUT2D eigenvalue weighted by Gasteiger charge is 2.24. The van der Waals surface area contributed by atoms with E-state index in [-0.39, 0.29) is 18.0 Å². The number of hydrogen-bond donors (Lipinski definition) is 1. The molecule has 132 valence electrons. The molecule has 0 spiro atoms. The van der Waals surface area contributed by atoms with Gasteiger partial charge < -0.3 is 5.32 Å². The second-order valence-electron chi connectivity index (χ2n) is 6.18. The van der Waals surface area contributed by atoms with Crippen molar-refractivity contribution < 1.29 is 4.79 Å².